The van der Waals surface area contributed by atoms with Crippen molar-refractivity contribution in [1.29, 1.82) is 0 Å². The van der Waals surface area contributed by atoms with E-state index >= 15 is 0 Å². The van der Waals surface area contributed by atoms with E-state index in [0.717, 1.165) is 83.5 Å². The number of ether oxygens (including phenoxy) is 3. The van der Waals surface area contributed by atoms with Crippen LogP contribution in [0.15, 0.2) is 85.1 Å². The van der Waals surface area contributed by atoms with E-state index in [4.69, 9.17) is 14.2 Å². The molecular formula is C57H96O6. The lowest BCUT2D eigenvalue weighted by molar-refractivity contribution is -0.167. The van der Waals surface area contributed by atoms with Gasteiger partial charge in [0.05, 0.1) is 0 Å². The molecule has 1 atom stereocenters. The number of hydrogen-bond acceptors (Lipinski definition) is 6. The van der Waals surface area contributed by atoms with Gasteiger partial charge in [0.25, 0.3) is 0 Å². The second-order valence-corrected chi connectivity index (χ2v) is 17.1. The van der Waals surface area contributed by atoms with E-state index in [0.29, 0.717) is 19.3 Å². The van der Waals surface area contributed by atoms with E-state index in [-0.39, 0.29) is 37.5 Å². The highest BCUT2D eigenvalue weighted by atomic mass is 16.6. The number of allylic oxidation sites excluding steroid dienone is 14. The van der Waals surface area contributed by atoms with Crippen LogP contribution in [-0.2, 0) is 28.6 Å². The molecule has 6 heteroatoms. The van der Waals surface area contributed by atoms with Crippen LogP contribution in [0.2, 0.25) is 0 Å². The van der Waals surface area contributed by atoms with Crippen LogP contribution in [0.3, 0.4) is 0 Å². The van der Waals surface area contributed by atoms with Gasteiger partial charge in [-0.25, -0.2) is 0 Å². The maximum atomic E-state index is 12.8. The molecule has 0 bridgehead atoms. The largest absolute Gasteiger partial charge is 0.462 e. The molecule has 360 valence electrons. The second-order valence-electron chi connectivity index (χ2n) is 17.1. The van der Waals surface area contributed by atoms with Crippen LogP contribution in [-0.4, -0.2) is 37.2 Å². The normalized spacial score (nSPS) is 12.7. The van der Waals surface area contributed by atoms with Crippen LogP contribution in [0, 0.1) is 0 Å². The molecule has 0 saturated carbocycles. The molecule has 0 aromatic heterocycles. The number of unbranched alkanes of at least 4 members (excludes halogenated alkanes) is 22. The summed E-state index contributed by atoms with van der Waals surface area (Å²) >= 11 is 0. The van der Waals surface area contributed by atoms with Gasteiger partial charge >= 0.3 is 17.9 Å². The van der Waals surface area contributed by atoms with Crippen molar-refractivity contribution in [3.8, 4) is 0 Å². The van der Waals surface area contributed by atoms with Crippen LogP contribution in [0.25, 0.3) is 0 Å². The third kappa shape index (κ3) is 49.5. The van der Waals surface area contributed by atoms with Gasteiger partial charge in [-0.3, -0.25) is 14.4 Å². The fourth-order valence-electron chi connectivity index (χ4n) is 6.88. The lowest BCUT2D eigenvalue weighted by Crippen LogP contribution is -2.30. The van der Waals surface area contributed by atoms with E-state index in [2.05, 4.69) is 106 Å². The summed E-state index contributed by atoms with van der Waals surface area (Å²) in [5, 5.41) is 0. The zero-order valence-electron chi connectivity index (χ0n) is 41.1. The van der Waals surface area contributed by atoms with Crippen molar-refractivity contribution < 1.29 is 28.6 Å². The van der Waals surface area contributed by atoms with E-state index in [9.17, 15) is 14.4 Å². The van der Waals surface area contributed by atoms with Crippen molar-refractivity contribution in [1.82, 2.24) is 0 Å². The number of rotatable bonds is 46. The molecule has 0 amide bonds. The van der Waals surface area contributed by atoms with E-state index in [1.165, 1.54) is 109 Å². The summed E-state index contributed by atoms with van der Waals surface area (Å²) in [5.41, 5.74) is 0. The molecule has 0 spiro atoms. The van der Waals surface area contributed by atoms with Crippen LogP contribution in [0.5, 0.6) is 0 Å². The molecular weight excluding hydrogens is 781 g/mol. The van der Waals surface area contributed by atoms with Gasteiger partial charge in [0.15, 0.2) is 6.10 Å². The first kappa shape index (κ1) is 59.6. The summed E-state index contributed by atoms with van der Waals surface area (Å²) in [6.07, 6.45) is 65.7. The summed E-state index contributed by atoms with van der Waals surface area (Å²) in [6.45, 7) is 6.47. The molecule has 0 aliphatic heterocycles. The van der Waals surface area contributed by atoms with Gasteiger partial charge in [0, 0.05) is 19.3 Å². The van der Waals surface area contributed by atoms with Crippen LogP contribution in [0.4, 0.5) is 0 Å². The minimum Gasteiger partial charge on any atom is -0.462 e. The van der Waals surface area contributed by atoms with Crippen molar-refractivity contribution in [2.45, 2.75) is 245 Å². The predicted octanol–water partition coefficient (Wildman–Crippen LogP) is 17.2. The number of hydrogen-bond donors (Lipinski definition) is 0. The average Bonchev–Trinajstić information content (AvgIpc) is 3.28. The van der Waals surface area contributed by atoms with Crippen molar-refractivity contribution in [2.24, 2.45) is 0 Å². The standard InChI is InChI=1S/C57H96O6/c1-4-7-10-13-16-19-22-24-26-28-30-32-35-38-41-44-47-50-56(59)62-53-54(52-61-55(58)49-46-43-40-37-34-21-18-15-12-9-6-3)63-57(60)51-48-45-42-39-36-33-31-29-27-25-23-20-17-14-11-8-5-2/h15,17-18,20-21,24-27,30,32,34,38,41,54H,4-14,16,19,22-23,28-29,31,33,35-37,39-40,42-53H2,1-3H3/b18-15-,20-17-,26-24-,27-25-,32-30-,34-21-,41-38-. The highest BCUT2D eigenvalue weighted by Gasteiger charge is 2.19. The third-order valence-electron chi connectivity index (χ3n) is 10.9. The summed E-state index contributed by atoms with van der Waals surface area (Å²) in [5.74, 6) is -0.999. The molecule has 0 aromatic carbocycles. The van der Waals surface area contributed by atoms with E-state index in [1.807, 2.05) is 0 Å². The Morgan fingerprint density at radius 2 is 0.651 bits per heavy atom. The Hall–Kier alpha value is -3.41. The maximum absolute atomic E-state index is 12.8. The summed E-state index contributed by atoms with van der Waals surface area (Å²) in [4.78, 5) is 37.9. The average molecular weight is 877 g/mol. The van der Waals surface area contributed by atoms with Gasteiger partial charge in [-0.05, 0) is 103 Å². The number of esters is 3. The Bertz CT molecular complexity index is 1240. The molecule has 0 fully saturated rings. The highest BCUT2D eigenvalue weighted by Crippen LogP contribution is 2.13. The Balaban J connectivity index is 4.48. The molecule has 0 saturated heterocycles. The zero-order valence-corrected chi connectivity index (χ0v) is 41.1. The van der Waals surface area contributed by atoms with Crippen LogP contribution < -0.4 is 0 Å². The summed E-state index contributed by atoms with van der Waals surface area (Å²) in [7, 11) is 0. The molecule has 1 unspecified atom stereocenters. The van der Waals surface area contributed by atoms with Gasteiger partial charge in [0.1, 0.15) is 13.2 Å². The predicted molar refractivity (Wildman–Crippen MR) is 270 cm³/mol. The Morgan fingerprint density at radius 3 is 1.14 bits per heavy atom. The first-order chi connectivity index (χ1) is 31.0. The lowest BCUT2D eigenvalue weighted by atomic mass is 10.1. The summed E-state index contributed by atoms with van der Waals surface area (Å²) < 4.78 is 16.7. The first-order valence-electron chi connectivity index (χ1n) is 26.1. The quantitative estimate of drug-likeness (QED) is 0.0199. The van der Waals surface area contributed by atoms with Gasteiger partial charge in [-0.1, -0.05) is 202 Å². The molecule has 0 heterocycles. The molecule has 63 heavy (non-hydrogen) atoms. The fourth-order valence-corrected chi connectivity index (χ4v) is 6.88. The zero-order chi connectivity index (χ0) is 45.8. The first-order valence-corrected chi connectivity index (χ1v) is 26.1. The second kappa shape index (κ2) is 51.2. The summed E-state index contributed by atoms with van der Waals surface area (Å²) in [6, 6.07) is 0. The number of carbonyl (C=O) groups is 3. The number of carbonyl (C=O) groups excluding carboxylic acids is 3. The van der Waals surface area contributed by atoms with Crippen molar-refractivity contribution in [3.63, 3.8) is 0 Å². The SMILES string of the molecule is CCCC/C=C\C=C/CCCCCC(=O)OCC(COC(=O)CCC/C=C\C/C=C\C/C=C\CCCCCCCC)OC(=O)CCCCCCCCC/C=C\C/C=C\CCCCC. The molecule has 0 aliphatic carbocycles. The van der Waals surface area contributed by atoms with Gasteiger partial charge < -0.3 is 14.2 Å². The van der Waals surface area contributed by atoms with Crippen LogP contribution in [0.1, 0.15) is 239 Å². The lowest BCUT2D eigenvalue weighted by Gasteiger charge is -2.18. The van der Waals surface area contributed by atoms with E-state index in [1.54, 1.807) is 0 Å². The van der Waals surface area contributed by atoms with Gasteiger partial charge in [0.2, 0.25) is 0 Å². The maximum Gasteiger partial charge on any atom is 0.306 e. The van der Waals surface area contributed by atoms with Gasteiger partial charge in [-0.2, -0.15) is 0 Å². The molecule has 0 aliphatic rings. The molecule has 0 rings (SSSR count). The smallest absolute Gasteiger partial charge is 0.306 e. The highest BCUT2D eigenvalue weighted by molar-refractivity contribution is 5.71. The Kier molecular flexibility index (Phi) is 48.5. The monoisotopic (exact) mass is 877 g/mol. The minimum atomic E-state index is -0.811. The van der Waals surface area contributed by atoms with Crippen LogP contribution >= 0.6 is 0 Å². The molecule has 0 radical (unpaired) electrons. The van der Waals surface area contributed by atoms with Crippen molar-refractivity contribution >= 4 is 17.9 Å². The minimum absolute atomic E-state index is 0.110. The molecule has 0 aromatic rings. The van der Waals surface area contributed by atoms with Gasteiger partial charge in [-0.15, -0.1) is 0 Å². The fraction of sp³-hybridized carbons (Fsp3) is 0.702. The Labute approximate surface area is 388 Å². The van der Waals surface area contributed by atoms with Crippen molar-refractivity contribution in [3.05, 3.63) is 85.1 Å². The molecule has 0 N–H and O–H groups in total. The van der Waals surface area contributed by atoms with Crippen molar-refractivity contribution in [2.75, 3.05) is 13.2 Å². The third-order valence-corrected chi connectivity index (χ3v) is 10.9. The Morgan fingerprint density at radius 1 is 0.333 bits per heavy atom. The molecule has 6 nitrogen and oxygen atoms in total. The van der Waals surface area contributed by atoms with E-state index < -0.39 is 6.10 Å². The topological polar surface area (TPSA) is 78.9 Å².